The first-order valence-electron chi connectivity index (χ1n) is 7.04. The van der Waals surface area contributed by atoms with Gasteiger partial charge in [-0.1, -0.05) is 17.7 Å². The van der Waals surface area contributed by atoms with Crippen LogP contribution in [0.3, 0.4) is 0 Å². The maximum absolute atomic E-state index is 10.2. The first-order valence-corrected chi connectivity index (χ1v) is 7.42. The highest BCUT2D eigenvalue weighted by Crippen LogP contribution is 2.41. The van der Waals surface area contributed by atoms with E-state index in [1.807, 2.05) is 19.2 Å². The topological polar surface area (TPSA) is 62.8 Å². The van der Waals surface area contributed by atoms with Crippen LogP contribution in [0, 0.1) is 5.92 Å². The molecule has 108 valence electrons. The number of allylic oxidation sites excluding steroid dienone is 1. The fourth-order valence-corrected chi connectivity index (χ4v) is 3.00. The fraction of sp³-hybridized carbons (Fsp3) is 0.400. The minimum atomic E-state index is -0.132. The number of aromatic hydroxyl groups is 1. The molecule has 0 saturated heterocycles. The van der Waals surface area contributed by atoms with Crippen molar-refractivity contribution < 1.29 is 5.11 Å². The van der Waals surface area contributed by atoms with Gasteiger partial charge in [0, 0.05) is 31.3 Å². The van der Waals surface area contributed by atoms with Gasteiger partial charge in [-0.2, -0.15) is 0 Å². The van der Waals surface area contributed by atoms with Crippen LogP contribution in [0.1, 0.15) is 30.3 Å². The average Bonchev–Trinajstić information content (AvgIpc) is 3.19. The van der Waals surface area contributed by atoms with Gasteiger partial charge in [-0.15, -0.1) is 0 Å². The lowest BCUT2D eigenvalue weighted by atomic mass is 9.97. The molecule has 1 aromatic rings. The molecule has 2 unspecified atom stereocenters. The molecule has 0 amide bonds. The second kappa shape index (κ2) is 4.56. The Morgan fingerprint density at radius 2 is 2.10 bits per heavy atom. The van der Waals surface area contributed by atoms with Gasteiger partial charge in [-0.3, -0.25) is 9.98 Å². The number of rotatable bonds is 2. The number of dihydropyridines is 1. The molecule has 0 spiro atoms. The van der Waals surface area contributed by atoms with Crippen LogP contribution in [0.5, 0.6) is 5.88 Å². The smallest absolute Gasteiger partial charge is 0.218 e. The van der Waals surface area contributed by atoms with E-state index in [2.05, 4.69) is 15.0 Å². The van der Waals surface area contributed by atoms with Gasteiger partial charge >= 0.3 is 0 Å². The highest BCUT2D eigenvalue weighted by Gasteiger charge is 2.32. The lowest BCUT2D eigenvalue weighted by Gasteiger charge is -2.15. The van der Waals surface area contributed by atoms with Crippen LogP contribution >= 0.6 is 11.6 Å². The molecule has 21 heavy (non-hydrogen) atoms. The van der Waals surface area contributed by atoms with E-state index in [1.165, 1.54) is 0 Å². The van der Waals surface area contributed by atoms with Gasteiger partial charge in [0.2, 0.25) is 5.88 Å². The predicted octanol–water partition coefficient (Wildman–Crippen LogP) is 2.62. The summed E-state index contributed by atoms with van der Waals surface area (Å²) in [5.74, 6) is 1.69. The van der Waals surface area contributed by atoms with Crippen molar-refractivity contribution in [2.75, 3.05) is 0 Å². The lowest BCUT2D eigenvalue weighted by Crippen LogP contribution is -2.15. The Morgan fingerprint density at radius 1 is 1.33 bits per heavy atom. The Labute approximate surface area is 127 Å². The van der Waals surface area contributed by atoms with Crippen LogP contribution in [0.2, 0.25) is 0 Å². The van der Waals surface area contributed by atoms with Crippen molar-refractivity contribution in [3.05, 3.63) is 28.2 Å². The molecule has 0 bridgehead atoms. The van der Waals surface area contributed by atoms with Gasteiger partial charge in [-0.25, -0.2) is 4.98 Å². The van der Waals surface area contributed by atoms with Gasteiger partial charge < -0.3 is 9.67 Å². The van der Waals surface area contributed by atoms with Crippen molar-refractivity contribution in [1.29, 1.82) is 0 Å². The van der Waals surface area contributed by atoms with E-state index < -0.39 is 0 Å². The summed E-state index contributed by atoms with van der Waals surface area (Å²) >= 11 is 6.02. The van der Waals surface area contributed by atoms with E-state index in [1.54, 1.807) is 17.0 Å². The molecule has 1 N–H and O–H groups in total. The number of halogens is 1. The Bertz CT molecular complexity index is 724. The third-order valence-electron chi connectivity index (χ3n) is 4.14. The summed E-state index contributed by atoms with van der Waals surface area (Å²) in [5, 5.41) is 10.9. The standard InChI is InChI=1S/C15H15ClN4O/c1-20-14(8-2-3-8)19-12(15(20)21)4-9-6-17-13-11(9)5-10(16)7-18-13/h4-8,11,13,21H,2-3H2,1H3. The molecule has 6 heteroatoms. The molecule has 3 heterocycles. The van der Waals surface area contributed by atoms with Crippen molar-refractivity contribution in [3.63, 3.8) is 0 Å². The SMILES string of the molecule is Cn1c(C2CC2)nc(C=C2C=NC3N=CC(Cl)=CC23)c1O. The van der Waals surface area contributed by atoms with E-state index in [9.17, 15) is 5.11 Å². The summed E-state index contributed by atoms with van der Waals surface area (Å²) in [4.78, 5) is 13.2. The largest absolute Gasteiger partial charge is 0.493 e. The number of nitrogens with zero attached hydrogens (tertiary/aromatic N) is 4. The maximum atomic E-state index is 10.2. The van der Waals surface area contributed by atoms with Crippen LogP contribution in [0.4, 0.5) is 0 Å². The van der Waals surface area contributed by atoms with Crippen molar-refractivity contribution in [2.45, 2.75) is 24.9 Å². The number of aromatic nitrogens is 2. The molecular weight excluding hydrogens is 288 g/mol. The molecule has 1 fully saturated rings. The van der Waals surface area contributed by atoms with Crippen molar-refractivity contribution in [2.24, 2.45) is 23.0 Å². The molecule has 3 aliphatic rings. The first-order chi connectivity index (χ1) is 10.1. The molecule has 2 atom stereocenters. The van der Waals surface area contributed by atoms with Gasteiger partial charge in [0.1, 0.15) is 17.7 Å². The molecular formula is C15H15ClN4O. The normalized spacial score (nSPS) is 29.0. The van der Waals surface area contributed by atoms with E-state index in [0.717, 1.165) is 24.2 Å². The first kappa shape index (κ1) is 12.8. The summed E-state index contributed by atoms with van der Waals surface area (Å²) < 4.78 is 1.77. The summed E-state index contributed by atoms with van der Waals surface area (Å²) in [5.41, 5.74) is 1.58. The van der Waals surface area contributed by atoms with Gasteiger partial charge in [-0.05, 0) is 24.5 Å². The van der Waals surface area contributed by atoms with Crippen LogP contribution in [-0.4, -0.2) is 33.3 Å². The van der Waals surface area contributed by atoms with Crippen molar-refractivity contribution in [3.8, 4) is 5.88 Å². The Balaban J connectivity index is 1.70. The van der Waals surface area contributed by atoms with Gasteiger partial charge in [0.15, 0.2) is 0 Å². The third kappa shape index (κ3) is 2.12. The summed E-state index contributed by atoms with van der Waals surface area (Å²) in [6.07, 6.45) is 9.43. The Hall–Kier alpha value is -1.88. The van der Waals surface area contributed by atoms with Crippen LogP contribution in [0.15, 0.2) is 26.7 Å². The Kier molecular flexibility index (Phi) is 2.79. The fourth-order valence-electron chi connectivity index (χ4n) is 2.81. The molecule has 1 aromatic heterocycles. The van der Waals surface area contributed by atoms with Crippen molar-refractivity contribution >= 4 is 30.1 Å². The number of aliphatic imine (C=N–C) groups is 2. The summed E-state index contributed by atoms with van der Waals surface area (Å²) in [6, 6.07) is 0. The van der Waals surface area contributed by atoms with E-state index in [-0.39, 0.29) is 18.0 Å². The minimum Gasteiger partial charge on any atom is -0.493 e. The van der Waals surface area contributed by atoms with E-state index in [0.29, 0.717) is 16.6 Å². The van der Waals surface area contributed by atoms with Crippen molar-refractivity contribution in [1.82, 2.24) is 9.55 Å². The average molecular weight is 303 g/mol. The molecule has 4 rings (SSSR count). The zero-order valence-corrected chi connectivity index (χ0v) is 12.3. The minimum absolute atomic E-state index is 0.0354. The van der Waals surface area contributed by atoms with Gasteiger partial charge in [0.05, 0.1) is 5.03 Å². The van der Waals surface area contributed by atoms with Crippen LogP contribution in [0.25, 0.3) is 6.08 Å². The number of imidazole rings is 1. The van der Waals surface area contributed by atoms with E-state index >= 15 is 0 Å². The van der Waals surface area contributed by atoms with Gasteiger partial charge in [0.25, 0.3) is 0 Å². The monoisotopic (exact) mass is 302 g/mol. The van der Waals surface area contributed by atoms with E-state index in [4.69, 9.17) is 11.6 Å². The highest BCUT2D eigenvalue weighted by molar-refractivity contribution is 6.39. The second-order valence-electron chi connectivity index (χ2n) is 5.70. The second-order valence-corrected chi connectivity index (χ2v) is 6.14. The predicted molar refractivity (Wildman–Crippen MR) is 83.0 cm³/mol. The molecule has 1 aliphatic carbocycles. The quantitative estimate of drug-likeness (QED) is 0.913. The van der Waals surface area contributed by atoms with Crippen LogP contribution in [-0.2, 0) is 7.05 Å². The number of hydrogen-bond acceptors (Lipinski definition) is 4. The maximum Gasteiger partial charge on any atom is 0.218 e. The summed E-state index contributed by atoms with van der Waals surface area (Å²) in [6.45, 7) is 0. The van der Waals surface area contributed by atoms with Crippen LogP contribution < -0.4 is 0 Å². The Morgan fingerprint density at radius 3 is 2.86 bits per heavy atom. The molecule has 5 nitrogen and oxygen atoms in total. The molecule has 2 aliphatic heterocycles. The highest BCUT2D eigenvalue weighted by atomic mass is 35.5. The lowest BCUT2D eigenvalue weighted by molar-refractivity contribution is 0.427. The molecule has 1 saturated carbocycles. The zero-order valence-electron chi connectivity index (χ0n) is 11.6. The molecule has 0 radical (unpaired) electrons. The number of fused-ring (bicyclic) bond motifs is 1. The number of hydrogen-bond donors (Lipinski definition) is 1. The molecule has 0 aromatic carbocycles. The summed E-state index contributed by atoms with van der Waals surface area (Å²) in [7, 11) is 1.85. The third-order valence-corrected chi connectivity index (χ3v) is 4.37. The zero-order chi connectivity index (χ0) is 14.6.